The van der Waals surface area contributed by atoms with Crippen LogP contribution in [0.25, 0.3) is 0 Å². The Morgan fingerprint density at radius 3 is 2.25 bits per heavy atom. The molecule has 1 fully saturated rings. The Balaban J connectivity index is 1.69. The summed E-state index contributed by atoms with van der Waals surface area (Å²) in [5.74, 6) is -0.282. The zero-order valence-corrected chi connectivity index (χ0v) is 20.6. The number of rotatable bonds is 4. The Labute approximate surface area is 204 Å². The van der Waals surface area contributed by atoms with Crippen molar-refractivity contribution in [3.63, 3.8) is 0 Å². The normalized spacial score (nSPS) is 22.9. The molecular weight excluding hydrogens is 467 g/mol. The van der Waals surface area contributed by atoms with Crippen molar-refractivity contribution in [2.24, 2.45) is 11.0 Å². The van der Waals surface area contributed by atoms with Gasteiger partial charge >= 0.3 is 5.91 Å². The smallest absolute Gasteiger partial charge is 0.263 e. The molecule has 2 unspecified atom stereocenters. The first-order valence-corrected chi connectivity index (χ1v) is 12.2. The van der Waals surface area contributed by atoms with Gasteiger partial charge in [-0.25, -0.2) is 4.59 Å². The lowest BCUT2D eigenvalue weighted by Crippen LogP contribution is -2.59. The third-order valence-electron chi connectivity index (χ3n) is 6.41. The van der Waals surface area contributed by atoms with E-state index in [1.54, 1.807) is 12.1 Å². The van der Waals surface area contributed by atoms with E-state index in [1.807, 2.05) is 42.3 Å². The first kappa shape index (κ1) is 23.4. The van der Waals surface area contributed by atoms with Gasteiger partial charge in [0, 0.05) is 16.0 Å². The lowest BCUT2D eigenvalue weighted by atomic mass is 9.91. The molecule has 2 aliphatic rings. The van der Waals surface area contributed by atoms with Crippen LogP contribution in [0.2, 0.25) is 15.1 Å². The predicted octanol–water partition coefficient (Wildman–Crippen LogP) is 6.25. The van der Waals surface area contributed by atoms with Crippen LogP contribution in [0.3, 0.4) is 0 Å². The number of nitrogens with one attached hydrogen (secondary N) is 1. The zero-order valence-electron chi connectivity index (χ0n) is 18.3. The third-order valence-corrected chi connectivity index (χ3v) is 7.20. The summed E-state index contributed by atoms with van der Waals surface area (Å²) in [5, 5.41) is 8.33. The minimum atomic E-state index is -0.193. The molecule has 0 radical (unpaired) electrons. The molecule has 1 saturated heterocycles. The Kier molecular flexibility index (Phi) is 7.01. The first-order chi connectivity index (χ1) is 15.3. The van der Waals surface area contributed by atoms with Crippen LogP contribution >= 0.6 is 34.8 Å². The SMILES string of the molecule is CC1C(C(=O)N[N+]2(C)CCCCCC2)=NN(c2ccc(Cl)cc2Cl)C1c1ccc(Cl)cc1. The summed E-state index contributed by atoms with van der Waals surface area (Å²) in [4.78, 5) is 13.4. The fourth-order valence-electron chi connectivity index (χ4n) is 4.64. The van der Waals surface area contributed by atoms with E-state index < -0.39 is 0 Å². The molecule has 170 valence electrons. The van der Waals surface area contributed by atoms with E-state index in [2.05, 4.69) is 12.5 Å². The van der Waals surface area contributed by atoms with Gasteiger partial charge in [0.2, 0.25) is 0 Å². The second kappa shape index (κ2) is 9.60. The molecule has 5 nitrogen and oxygen atoms in total. The minimum Gasteiger partial charge on any atom is -0.263 e. The first-order valence-electron chi connectivity index (χ1n) is 11.0. The van der Waals surface area contributed by atoms with E-state index in [1.165, 1.54) is 12.8 Å². The molecule has 2 aliphatic heterocycles. The number of hydrogen-bond acceptors (Lipinski definition) is 3. The zero-order chi connectivity index (χ0) is 22.9. The fraction of sp³-hybridized carbons (Fsp3) is 0.417. The monoisotopic (exact) mass is 493 g/mol. The van der Waals surface area contributed by atoms with Crippen LogP contribution < -0.4 is 10.4 Å². The summed E-state index contributed by atoms with van der Waals surface area (Å²) in [7, 11) is 2.09. The van der Waals surface area contributed by atoms with Crippen LogP contribution in [0.1, 0.15) is 44.2 Å². The molecule has 2 aromatic rings. The van der Waals surface area contributed by atoms with Crippen LogP contribution in [-0.4, -0.2) is 36.3 Å². The van der Waals surface area contributed by atoms with Crippen molar-refractivity contribution >= 4 is 52.1 Å². The number of likely N-dealkylation sites (tertiary alicyclic amines) is 1. The molecule has 32 heavy (non-hydrogen) atoms. The van der Waals surface area contributed by atoms with Gasteiger partial charge in [-0.05, 0) is 61.6 Å². The second-order valence-corrected chi connectivity index (χ2v) is 10.2. The van der Waals surface area contributed by atoms with Gasteiger partial charge in [0.1, 0.15) is 18.8 Å². The van der Waals surface area contributed by atoms with Crippen LogP contribution in [0, 0.1) is 5.92 Å². The van der Waals surface area contributed by atoms with Crippen LogP contribution in [-0.2, 0) is 4.79 Å². The molecule has 0 aliphatic carbocycles. The Morgan fingerprint density at radius 1 is 1.00 bits per heavy atom. The number of carbonyl (C=O) groups excluding carboxylic acids is 1. The van der Waals surface area contributed by atoms with E-state index in [0.717, 1.165) is 31.5 Å². The molecule has 0 bridgehead atoms. The number of carbonyl (C=O) groups is 1. The van der Waals surface area contributed by atoms with Crippen molar-refractivity contribution in [1.29, 1.82) is 0 Å². The number of halogens is 3. The van der Waals surface area contributed by atoms with Gasteiger partial charge in [0.25, 0.3) is 0 Å². The molecule has 0 saturated carbocycles. The van der Waals surface area contributed by atoms with Crippen molar-refractivity contribution in [2.45, 2.75) is 38.6 Å². The van der Waals surface area contributed by atoms with Crippen molar-refractivity contribution in [2.75, 3.05) is 25.1 Å². The fourth-order valence-corrected chi connectivity index (χ4v) is 5.27. The van der Waals surface area contributed by atoms with Gasteiger partial charge in [-0.1, -0.05) is 53.9 Å². The highest BCUT2D eigenvalue weighted by Crippen LogP contribution is 2.42. The van der Waals surface area contributed by atoms with Gasteiger partial charge in [-0.2, -0.15) is 10.5 Å². The summed E-state index contributed by atoms with van der Waals surface area (Å²) in [6, 6.07) is 12.8. The lowest BCUT2D eigenvalue weighted by molar-refractivity contribution is -0.942. The molecule has 2 heterocycles. The largest absolute Gasteiger partial charge is 0.312 e. The standard InChI is InChI=1S/C24H27Cl3N4O/c1-16-22(24(32)29-31(2)13-5-3-4-6-14-31)28-30(21-12-11-19(26)15-20(21)27)23(16)17-7-9-18(25)10-8-17/h7-12,15-16,23H,3-6,13-14H2,1-2H3/p+1. The maximum Gasteiger partial charge on any atom is 0.312 e. The number of hydrazone groups is 1. The molecule has 1 N–H and O–H groups in total. The van der Waals surface area contributed by atoms with Crippen molar-refractivity contribution in [1.82, 2.24) is 5.43 Å². The average molecular weight is 495 g/mol. The summed E-state index contributed by atoms with van der Waals surface area (Å²) >= 11 is 18.8. The quantitative estimate of drug-likeness (QED) is 0.510. The molecule has 4 rings (SSSR count). The van der Waals surface area contributed by atoms with Gasteiger partial charge in [0.05, 0.1) is 23.8 Å². The Bertz CT molecular complexity index is 1020. The highest BCUT2D eigenvalue weighted by Gasteiger charge is 2.42. The van der Waals surface area contributed by atoms with Gasteiger partial charge in [-0.15, -0.1) is 0 Å². The molecule has 2 atom stereocenters. The van der Waals surface area contributed by atoms with Crippen molar-refractivity contribution in [3.05, 3.63) is 63.1 Å². The predicted molar refractivity (Wildman–Crippen MR) is 132 cm³/mol. The van der Waals surface area contributed by atoms with Gasteiger partial charge < -0.3 is 0 Å². The Hall–Kier alpha value is -1.79. The summed E-state index contributed by atoms with van der Waals surface area (Å²) < 4.78 is 0.540. The second-order valence-electron chi connectivity index (χ2n) is 8.91. The number of anilines is 1. The average Bonchev–Trinajstić information content (AvgIpc) is 2.93. The van der Waals surface area contributed by atoms with Gasteiger partial charge in [-0.3, -0.25) is 9.80 Å². The van der Waals surface area contributed by atoms with E-state index in [0.29, 0.717) is 31.1 Å². The Morgan fingerprint density at radius 2 is 1.62 bits per heavy atom. The number of amides is 1. The van der Waals surface area contributed by atoms with Crippen molar-refractivity contribution < 1.29 is 9.39 Å². The molecular formula is C24H28Cl3N4O+. The summed E-state index contributed by atoms with van der Waals surface area (Å²) in [6.45, 7) is 3.89. The molecule has 1 amide bonds. The van der Waals surface area contributed by atoms with Crippen LogP contribution in [0.5, 0.6) is 0 Å². The topological polar surface area (TPSA) is 44.7 Å². The number of benzene rings is 2. The number of quaternary nitrogens is 1. The van der Waals surface area contributed by atoms with Crippen LogP contribution in [0.4, 0.5) is 5.69 Å². The third kappa shape index (κ3) is 4.91. The van der Waals surface area contributed by atoms with Crippen molar-refractivity contribution in [3.8, 4) is 0 Å². The van der Waals surface area contributed by atoms with E-state index in [9.17, 15) is 4.79 Å². The molecule has 8 heteroatoms. The maximum absolute atomic E-state index is 13.4. The van der Waals surface area contributed by atoms with Crippen LogP contribution in [0.15, 0.2) is 47.6 Å². The molecule has 0 spiro atoms. The molecule has 2 aromatic carbocycles. The number of hydrogen-bond donors (Lipinski definition) is 1. The summed E-state index contributed by atoms with van der Waals surface area (Å²) in [5.41, 5.74) is 5.47. The van der Waals surface area contributed by atoms with E-state index in [-0.39, 0.29) is 17.9 Å². The lowest BCUT2D eigenvalue weighted by Gasteiger charge is -2.32. The van der Waals surface area contributed by atoms with E-state index >= 15 is 0 Å². The maximum atomic E-state index is 13.4. The highest BCUT2D eigenvalue weighted by atomic mass is 35.5. The number of nitrogens with zero attached hydrogens (tertiary/aromatic N) is 3. The molecule has 0 aromatic heterocycles. The minimum absolute atomic E-state index is 0.131. The van der Waals surface area contributed by atoms with E-state index in [4.69, 9.17) is 39.9 Å². The summed E-state index contributed by atoms with van der Waals surface area (Å²) in [6.07, 6.45) is 4.64. The van der Waals surface area contributed by atoms with Gasteiger partial charge in [0.15, 0.2) is 0 Å². The highest BCUT2D eigenvalue weighted by molar-refractivity contribution is 6.40.